The molecule has 0 N–H and O–H groups in total. The van der Waals surface area contributed by atoms with E-state index in [2.05, 4.69) is 21.7 Å². The average Bonchev–Trinajstić information content (AvgIpc) is 3.02. The number of halogens is 1. The molecule has 0 saturated heterocycles. The van der Waals surface area contributed by atoms with Gasteiger partial charge in [0.1, 0.15) is 0 Å². The van der Waals surface area contributed by atoms with Gasteiger partial charge in [-0.15, -0.1) is 17.9 Å². The van der Waals surface area contributed by atoms with E-state index in [1.54, 1.807) is 23.2 Å². The Morgan fingerprint density at radius 1 is 1.25 bits per heavy atom. The van der Waals surface area contributed by atoms with E-state index in [0.717, 1.165) is 21.8 Å². The average molecular weight is 355 g/mol. The minimum atomic E-state index is 0.536. The lowest BCUT2D eigenvalue weighted by atomic mass is 10.2. The molecule has 0 saturated carbocycles. The molecular weight excluding hydrogens is 340 g/mol. The highest BCUT2D eigenvalue weighted by Gasteiger charge is 2.07. The molecule has 0 aliphatic rings. The zero-order valence-electron chi connectivity index (χ0n) is 12.8. The maximum atomic E-state index is 6.12. The van der Waals surface area contributed by atoms with E-state index in [0.29, 0.717) is 11.6 Å². The van der Waals surface area contributed by atoms with Crippen molar-refractivity contribution in [2.24, 2.45) is 10.1 Å². The predicted molar refractivity (Wildman–Crippen MR) is 101 cm³/mol. The fourth-order valence-electron chi connectivity index (χ4n) is 2.08. The van der Waals surface area contributed by atoms with Crippen LogP contribution in [0.5, 0.6) is 0 Å². The lowest BCUT2D eigenvalue weighted by molar-refractivity contribution is 0.839. The molecule has 3 rings (SSSR count). The number of aromatic nitrogens is 2. The summed E-state index contributed by atoms with van der Waals surface area (Å²) < 4.78 is 1.80. The van der Waals surface area contributed by atoms with Gasteiger partial charge in [-0.2, -0.15) is 5.10 Å². The van der Waals surface area contributed by atoms with Gasteiger partial charge in [0, 0.05) is 22.2 Å². The van der Waals surface area contributed by atoms with E-state index < -0.39 is 0 Å². The van der Waals surface area contributed by atoms with Crippen LogP contribution in [0.1, 0.15) is 5.69 Å². The van der Waals surface area contributed by atoms with E-state index in [4.69, 9.17) is 11.6 Å². The number of rotatable bonds is 5. The van der Waals surface area contributed by atoms with E-state index in [1.807, 2.05) is 47.8 Å². The number of hydrogen-bond donors (Lipinski definition) is 0. The normalized spacial score (nSPS) is 12.0. The molecule has 0 bridgehead atoms. The van der Waals surface area contributed by atoms with E-state index in [-0.39, 0.29) is 0 Å². The quantitative estimate of drug-likeness (QED) is 0.499. The lowest BCUT2D eigenvalue weighted by Gasteiger charge is -2.04. The molecule has 6 heteroatoms. The Hall–Kier alpha value is -2.50. The Morgan fingerprint density at radius 2 is 2.17 bits per heavy atom. The molecule has 24 heavy (non-hydrogen) atoms. The summed E-state index contributed by atoms with van der Waals surface area (Å²) in [6, 6.07) is 13.4. The van der Waals surface area contributed by atoms with Gasteiger partial charge in [0.2, 0.25) is 4.80 Å². The molecule has 0 atom stereocenters. The van der Waals surface area contributed by atoms with Crippen LogP contribution < -0.4 is 4.80 Å². The van der Waals surface area contributed by atoms with Crippen molar-refractivity contribution < 1.29 is 0 Å². The summed E-state index contributed by atoms with van der Waals surface area (Å²) in [7, 11) is 0. The van der Waals surface area contributed by atoms with E-state index in [1.165, 1.54) is 11.3 Å². The smallest absolute Gasteiger partial charge is 0.206 e. The van der Waals surface area contributed by atoms with Crippen molar-refractivity contribution in [3.63, 3.8) is 0 Å². The van der Waals surface area contributed by atoms with E-state index in [9.17, 15) is 0 Å². The molecular formula is C18H15ClN4S. The van der Waals surface area contributed by atoms with Crippen LogP contribution in [0.2, 0.25) is 5.02 Å². The SMILES string of the molecule is C=CCN=c1scc(-c2cccc(Cl)c2)n1/N=C/c1ccccn1. The van der Waals surface area contributed by atoms with Crippen LogP contribution in [0.3, 0.4) is 0 Å². The van der Waals surface area contributed by atoms with Crippen LogP contribution in [-0.4, -0.2) is 22.4 Å². The first kappa shape index (κ1) is 16.4. The molecule has 2 aromatic heterocycles. The topological polar surface area (TPSA) is 42.5 Å². The Balaban J connectivity index is 2.08. The molecule has 2 heterocycles. The van der Waals surface area contributed by atoms with Crippen LogP contribution in [0, 0.1) is 0 Å². The maximum absolute atomic E-state index is 6.12. The van der Waals surface area contributed by atoms with Crippen molar-refractivity contribution in [3.8, 4) is 11.3 Å². The summed E-state index contributed by atoms with van der Waals surface area (Å²) in [4.78, 5) is 9.55. The van der Waals surface area contributed by atoms with Crippen molar-refractivity contribution in [1.82, 2.24) is 9.66 Å². The second-order valence-corrected chi connectivity index (χ2v) is 6.13. The molecule has 1 aromatic carbocycles. The Labute approximate surface area is 149 Å². The Morgan fingerprint density at radius 3 is 2.92 bits per heavy atom. The molecule has 0 spiro atoms. The molecule has 120 valence electrons. The van der Waals surface area contributed by atoms with Gasteiger partial charge in [-0.1, -0.05) is 35.9 Å². The van der Waals surface area contributed by atoms with Gasteiger partial charge in [-0.3, -0.25) is 9.98 Å². The first-order valence-corrected chi connectivity index (χ1v) is 8.57. The lowest BCUT2D eigenvalue weighted by Crippen LogP contribution is -2.12. The maximum Gasteiger partial charge on any atom is 0.206 e. The number of thiazole rings is 1. The molecule has 0 radical (unpaired) electrons. The highest BCUT2D eigenvalue weighted by molar-refractivity contribution is 7.07. The monoisotopic (exact) mass is 354 g/mol. The van der Waals surface area contributed by atoms with Gasteiger partial charge < -0.3 is 0 Å². The summed E-state index contributed by atoms with van der Waals surface area (Å²) in [5.41, 5.74) is 2.69. The second-order valence-electron chi connectivity index (χ2n) is 4.85. The largest absolute Gasteiger partial charge is 0.255 e. The molecule has 4 nitrogen and oxygen atoms in total. The number of benzene rings is 1. The van der Waals surface area contributed by atoms with Crippen molar-refractivity contribution in [3.05, 3.63) is 82.2 Å². The fourth-order valence-corrected chi connectivity index (χ4v) is 3.11. The van der Waals surface area contributed by atoms with Crippen molar-refractivity contribution in [2.45, 2.75) is 0 Å². The van der Waals surface area contributed by atoms with Crippen LogP contribution in [0.4, 0.5) is 0 Å². The number of pyridine rings is 1. The first-order valence-electron chi connectivity index (χ1n) is 7.31. The standard InChI is InChI=1S/C18H15ClN4S/c1-2-9-21-18-23(22-12-16-8-3-4-10-20-16)17(13-24-18)14-6-5-7-15(19)11-14/h2-8,10-13H,1,9H2/b21-18?,22-12+. The molecule has 0 aliphatic heterocycles. The van der Waals surface area contributed by atoms with Crippen LogP contribution in [-0.2, 0) is 0 Å². The van der Waals surface area contributed by atoms with Crippen molar-refractivity contribution in [1.29, 1.82) is 0 Å². The third-order valence-electron chi connectivity index (χ3n) is 3.15. The number of nitrogens with zero attached hydrogens (tertiary/aromatic N) is 4. The Kier molecular flexibility index (Phi) is 5.36. The summed E-state index contributed by atoms with van der Waals surface area (Å²) in [5.74, 6) is 0. The van der Waals surface area contributed by atoms with Crippen LogP contribution >= 0.6 is 22.9 Å². The van der Waals surface area contributed by atoms with Crippen molar-refractivity contribution >= 4 is 29.2 Å². The van der Waals surface area contributed by atoms with Gasteiger partial charge in [0.25, 0.3) is 0 Å². The van der Waals surface area contributed by atoms with Crippen molar-refractivity contribution in [2.75, 3.05) is 6.54 Å². The second kappa shape index (κ2) is 7.86. The zero-order chi connectivity index (χ0) is 16.8. The summed E-state index contributed by atoms with van der Waals surface area (Å²) in [6.07, 6.45) is 5.21. The third-order valence-corrected chi connectivity index (χ3v) is 4.24. The molecule has 0 amide bonds. The van der Waals surface area contributed by atoms with Gasteiger partial charge >= 0.3 is 0 Å². The fraction of sp³-hybridized carbons (Fsp3) is 0.0556. The van der Waals surface area contributed by atoms with Gasteiger partial charge in [-0.05, 0) is 24.3 Å². The van der Waals surface area contributed by atoms with Gasteiger partial charge in [-0.25, -0.2) is 4.68 Å². The van der Waals surface area contributed by atoms with E-state index >= 15 is 0 Å². The predicted octanol–water partition coefficient (Wildman–Crippen LogP) is 4.23. The van der Waals surface area contributed by atoms with Crippen LogP contribution in [0.25, 0.3) is 11.3 Å². The van der Waals surface area contributed by atoms with Crippen LogP contribution in [0.15, 0.2) is 76.8 Å². The summed E-state index contributed by atoms with van der Waals surface area (Å²) in [5, 5.41) is 7.26. The number of hydrogen-bond acceptors (Lipinski definition) is 4. The molecule has 0 unspecified atom stereocenters. The zero-order valence-corrected chi connectivity index (χ0v) is 14.4. The minimum Gasteiger partial charge on any atom is -0.255 e. The highest BCUT2D eigenvalue weighted by Crippen LogP contribution is 2.23. The molecule has 0 aliphatic carbocycles. The highest BCUT2D eigenvalue weighted by atomic mass is 35.5. The summed E-state index contributed by atoms with van der Waals surface area (Å²) in [6.45, 7) is 4.25. The van der Waals surface area contributed by atoms with Gasteiger partial charge in [0.15, 0.2) is 0 Å². The molecule has 0 fully saturated rings. The summed E-state index contributed by atoms with van der Waals surface area (Å²) >= 11 is 7.64. The Bertz CT molecular complexity index is 925. The molecule has 3 aromatic rings. The van der Waals surface area contributed by atoms with Gasteiger partial charge in [0.05, 0.1) is 24.1 Å². The first-order chi connectivity index (χ1) is 11.8. The third kappa shape index (κ3) is 3.88. The minimum absolute atomic E-state index is 0.536.